The number of hydrogen-bond donors (Lipinski definition) is 4. The van der Waals surface area contributed by atoms with E-state index in [1.807, 2.05) is 0 Å². The molecule has 0 aromatic rings. The summed E-state index contributed by atoms with van der Waals surface area (Å²) < 4.78 is 4.33. The highest BCUT2D eigenvalue weighted by molar-refractivity contribution is 6.02. The van der Waals surface area contributed by atoms with Crippen molar-refractivity contribution < 1.29 is 29.0 Å². The molecule has 0 atom stereocenters. The van der Waals surface area contributed by atoms with Crippen LogP contribution in [0.1, 0.15) is 79.6 Å². The predicted molar refractivity (Wildman–Crippen MR) is 104 cm³/mol. The third-order valence-corrected chi connectivity index (χ3v) is 5.71. The first-order valence-corrected chi connectivity index (χ1v) is 8.90. The lowest BCUT2D eigenvalue weighted by Crippen LogP contribution is -2.51. The van der Waals surface area contributed by atoms with Crippen LogP contribution < -0.4 is 16.8 Å². The Labute approximate surface area is 166 Å². The standard InChI is InChI=1S/C6H7NO3.C6H9NO3.C5H11N.2CH4/c8-4-6(2-1-3-6)7-5(9)10-4;7-4(8)6(5(9)10)2-1-3-6;1-5(6)3-2-4-5;;/h1-3H2,(H,7,9);1-3H2,(H2,7,8)(H,9,10);2-4,6H2,1H3;2*1H4. The maximum Gasteiger partial charge on any atom is 0.415 e. The number of alkyl carbamates (subject to hydrolysis) is 1. The number of primary amides is 1. The largest absolute Gasteiger partial charge is 0.480 e. The summed E-state index contributed by atoms with van der Waals surface area (Å²) in [6.45, 7) is 2.11. The van der Waals surface area contributed by atoms with Gasteiger partial charge in [0.15, 0.2) is 0 Å². The number of nitrogens with one attached hydrogen (secondary N) is 1. The molecule has 9 heteroatoms. The van der Waals surface area contributed by atoms with E-state index in [0.717, 1.165) is 25.7 Å². The molecule has 0 unspecified atom stereocenters. The Hall–Kier alpha value is -2.16. The van der Waals surface area contributed by atoms with Gasteiger partial charge in [-0.3, -0.25) is 9.59 Å². The van der Waals surface area contributed by atoms with Crippen molar-refractivity contribution in [3.63, 3.8) is 0 Å². The zero-order valence-corrected chi connectivity index (χ0v) is 15.0. The molecule has 4 fully saturated rings. The van der Waals surface area contributed by atoms with E-state index in [9.17, 15) is 19.2 Å². The van der Waals surface area contributed by atoms with E-state index in [2.05, 4.69) is 17.0 Å². The molecule has 3 aliphatic carbocycles. The molecule has 0 aromatic heterocycles. The molecular formula is C19H35N3O6. The van der Waals surface area contributed by atoms with Crippen molar-refractivity contribution in [3.8, 4) is 0 Å². The molecule has 6 N–H and O–H groups in total. The van der Waals surface area contributed by atoms with Crippen LogP contribution in [0.25, 0.3) is 0 Å². The zero-order chi connectivity index (χ0) is 19.6. The number of ether oxygens (including phenoxy) is 1. The van der Waals surface area contributed by atoms with Gasteiger partial charge in [-0.2, -0.15) is 0 Å². The maximum atomic E-state index is 10.9. The second-order valence-corrected chi connectivity index (χ2v) is 7.85. The molecule has 1 heterocycles. The first-order chi connectivity index (χ1) is 12.0. The average Bonchev–Trinajstić information content (AvgIpc) is 2.71. The molecule has 0 radical (unpaired) electrons. The van der Waals surface area contributed by atoms with Gasteiger partial charge < -0.3 is 26.6 Å². The van der Waals surface area contributed by atoms with E-state index in [0.29, 0.717) is 12.8 Å². The number of hydrogen-bond acceptors (Lipinski definition) is 6. The van der Waals surface area contributed by atoms with E-state index in [1.54, 1.807) is 0 Å². The predicted octanol–water partition coefficient (Wildman–Crippen LogP) is 2.06. The van der Waals surface area contributed by atoms with Crippen LogP contribution in [-0.2, 0) is 19.1 Å². The number of carbonyl (C=O) groups excluding carboxylic acids is 3. The van der Waals surface area contributed by atoms with Crippen molar-refractivity contribution in [1.29, 1.82) is 0 Å². The zero-order valence-electron chi connectivity index (χ0n) is 15.0. The van der Waals surface area contributed by atoms with Gasteiger partial charge in [-0.1, -0.05) is 21.3 Å². The van der Waals surface area contributed by atoms with Gasteiger partial charge in [-0.05, 0) is 58.3 Å². The van der Waals surface area contributed by atoms with Crippen LogP contribution in [0.5, 0.6) is 0 Å². The molecule has 3 saturated carbocycles. The van der Waals surface area contributed by atoms with Crippen molar-refractivity contribution in [2.24, 2.45) is 16.9 Å². The highest BCUT2D eigenvalue weighted by atomic mass is 16.6. The van der Waals surface area contributed by atoms with Crippen molar-refractivity contribution in [2.75, 3.05) is 0 Å². The molecule has 0 bridgehead atoms. The molecular weight excluding hydrogens is 366 g/mol. The lowest BCUT2D eigenvalue weighted by atomic mass is 9.68. The summed E-state index contributed by atoms with van der Waals surface area (Å²) in [5, 5.41) is 11.1. The summed E-state index contributed by atoms with van der Waals surface area (Å²) in [5.41, 5.74) is 8.92. The monoisotopic (exact) mass is 401 g/mol. The number of nitrogens with two attached hydrogens (primary N) is 2. The molecule has 1 aliphatic heterocycles. The van der Waals surface area contributed by atoms with Gasteiger partial charge in [0.2, 0.25) is 5.91 Å². The van der Waals surface area contributed by atoms with Crippen LogP contribution in [-0.4, -0.2) is 40.1 Å². The van der Waals surface area contributed by atoms with Crippen molar-refractivity contribution in [3.05, 3.63) is 0 Å². The third-order valence-electron chi connectivity index (χ3n) is 5.71. The van der Waals surface area contributed by atoms with E-state index >= 15 is 0 Å². The molecule has 2 amide bonds. The van der Waals surface area contributed by atoms with Crippen LogP contribution in [0.3, 0.4) is 0 Å². The van der Waals surface area contributed by atoms with Crippen LogP contribution in [0, 0.1) is 5.41 Å². The van der Waals surface area contributed by atoms with Gasteiger partial charge in [0.05, 0.1) is 0 Å². The molecule has 28 heavy (non-hydrogen) atoms. The van der Waals surface area contributed by atoms with Crippen molar-refractivity contribution in [1.82, 2.24) is 5.32 Å². The average molecular weight is 402 g/mol. The lowest BCUT2D eigenvalue weighted by molar-refractivity contribution is -0.160. The van der Waals surface area contributed by atoms with E-state index in [4.69, 9.17) is 16.6 Å². The second-order valence-electron chi connectivity index (χ2n) is 7.85. The Kier molecular flexibility index (Phi) is 8.64. The van der Waals surface area contributed by atoms with Gasteiger partial charge in [0.25, 0.3) is 0 Å². The lowest BCUT2D eigenvalue weighted by Gasteiger charge is -2.33. The fraction of sp³-hybridized carbons (Fsp3) is 0.789. The molecule has 1 spiro atoms. The van der Waals surface area contributed by atoms with Gasteiger partial charge in [-0.25, -0.2) is 9.59 Å². The Bertz CT molecular complexity index is 587. The summed E-state index contributed by atoms with van der Waals surface area (Å²) in [5.74, 6) is -2.18. The first kappa shape index (κ1) is 25.8. The topological polar surface area (TPSA) is 162 Å². The first-order valence-electron chi connectivity index (χ1n) is 8.90. The number of carboxylic acids is 1. The number of aliphatic carboxylic acids is 1. The molecule has 1 saturated heterocycles. The number of cyclic esters (lactones) is 2. The minimum Gasteiger partial charge on any atom is -0.480 e. The SMILES string of the molecule is C.C.CC1(N)CCC1.NC(=O)C1(C(=O)O)CCC1.O=C1NC2(CCC2)C(=O)O1. The molecule has 4 rings (SSSR count). The van der Waals surface area contributed by atoms with E-state index < -0.39 is 34.9 Å². The summed E-state index contributed by atoms with van der Waals surface area (Å²) in [4.78, 5) is 42.4. The van der Waals surface area contributed by atoms with Gasteiger partial charge >= 0.3 is 18.0 Å². The normalized spacial score (nSPS) is 23.6. The van der Waals surface area contributed by atoms with E-state index in [1.165, 1.54) is 19.3 Å². The minimum atomic E-state index is -1.22. The Morgan fingerprint density at radius 3 is 1.50 bits per heavy atom. The van der Waals surface area contributed by atoms with Crippen molar-refractivity contribution >= 4 is 23.9 Å². The molecule has 0 aromatic carbocycles. The van der Waals surface area contributed by atoms with Gasteiger partial charge in [0.1, 0.15) is 11.0 Å². The van der Waals surface area contributed by atoms with Crippen LogP contribution in [0.2, 0.25) is 0 Å². The summed E-state index contributed by atoms with van der Waals surface area (Å²) in [7, 11) is 0. The third kappa shape index (κ3) is 5.21. The Morgan fingerprint density at radius 2 is 1.43 bits per heavy atom. The van der Waals surface area contributed by atoms with Gasteiger partial charge in [-0.15, -0.1) is 0 Å². The summed E-state index contributed by atoms with van der Waals surface area (Å²) in [6.07, 6.45) is 7.26. The highest BCUT2D eigenvalue weighted by Crippen LogP contribution is 2.40. The molecule has 4 aliphatic rings. The number of amides is 2. The fourth-order valence-electron chi connectivity index (χ4n) is 3.14. The minimum absolute atomic E-state index is 0. The maximum absolute atomic E-state index is 10.9. The van der Waals surface area contributed by atoms with Crippen LogP contribution in [0.4, 0.5) is 4.79 Å². The Balaban J connectivity index is 0.000000389. The number of carboxylic acid groups (broad SMARTS) is 1. The van der Waals surface area contributed by atoms with Crippen LogP contribution >= 0.6 is 0 Å². The van der Waals surface area contributed by atoms with Gasteiger partial charge in [0, 0.05) is 5.54 Å². The molecule has 9 nitrogen and oxygen atoms in total. The summed E-state index contributed by atoms with van der Waals surface area (Å²) in [6, 6.07) is 0. The fourth-order valence-corrected chi connectivity index (χ4v) is 3.14. The summed E-state index contributed by atoms with van der Waals surface area (Å²) >= 11 is 0. The molecule has 162 valence electrons. The smallest absolute Gasteiger partial charge is 0.415 e. The number of rotatable bonds is 2. The van der Waals surface area contributed by atoms with E-state index in [-0.39, 0.29) is 20.4 Å². The highest BCUT2D eigenvalue weighted by Gasteiger charge is 2.52. The number of carbonyl (C=O) groups is 4. The second kappa shape index (κ2) is 9.36. The quantitative estimate of drug-likeness (QED) is 0.406. The van der Waals surface area contributed by atoms with Crippen molar-refractivity contribution in [2.45, 2.75) is 90.6 Å². The van der Waals surface area contributed by atoms with Crippen LogP contribution in [0.15, 0.2) is 0 Å². The Morgan fingerprint density at radius 1 is 1.00 bits per heavy atom. The number of esters is 1.